The van der Waals surface area contributed by atoms with E-state index < -0.39 is 50.7 Å². The number of carbonyl (C=O) groups excluding carboxylic acids is 4. The number of carbonyl (C=O) groups is 4. The molecule has 4 amide bonds. The van der Waals surface area contributed by atoms with Gasteiger partial charge in [-0.1, -0.05) is 55.3 Å². The first kappa shape index (κ1) is 40.2. The summed E-state index contributed by atoms with van der Waals surface area (Å²) in [6, 6.07) is 16.0. The summed E-state index contributed by atoms with van der Waals surface area (Å²) in [6.45, 7) is 2.87. The van der Waals surface area contributed by atoms with Crippen LogP contribution in [-0.4, -0.2) is 96.5 Å². The lowest BCUT2D eigenvalue weighted by atomic mass is 9.93. The van der Waals surface area contributed by atoms with Crippen LogP contribution in [0.15, 0.2) is 66.7 Å². The maximum absolute atomic E-state index is 14.8. The highest BCUT2D eigenvalue weighted by Crippen LogP contribution is 2.36. The van der Waals surface area contributed by atoms with Crippen LogP contribution in [0, 0.1) is 5.92 Å². The normalized spacial score (nSPS) is 25.5. The fourth-order valence-corrected chi connectivity index (χ4v) is 9.50. The summed E-state index contributed by atoms with van der Waals surface area (Å²) in [6.07, 6.45) is 10.0. The fraction of sp³-hybridized carbons (Fsp3) is 0.512. The molecule has 0 unspecified atom stereocenters. The molecule has 0 bridgehead atoms. The Hall–Kier alpha value is -4.98. The van der Waals surface area contributed by atoms with E-state index in [1.54, 1.807) is 19.3 Å². The fourth-order valence-electron chi connectivity index (χ4n) is 8.10. The van der Waals surface area contributed by atoms with Gasteiger partial charge in [0.1, 0.15) is 29.2 Å². The van der Waals surface area contributed by atoms with Crippen LogP contribution in [0.5, 0.6) is 11.5 Å². The lowest BCUT2D eigenvalue weighted by Gasteiger charge is -2.33. The third-order valence-corrected chi connectivity index (χ3v) is 13.4. The summed E-state index contributed by atoms with van der Waals surface area (Å²) >= 11 is 0. The number of likely N-dealkylation sites (tertiary alicyclic amines) is 1. The highest BCUT2D eigenvalue weighted by atomic mass is 32.2. The quantitative estimate of drug-likeness (QED) is 0.274. The van der Waals surface area contributed by atoms with E-state index in [1.165, 1.54) is 11.8 Å². The Kier molecular flexibility index (Phi) is 12.2. The Morgan fingerprint density at radius 1 is 0.965 bits per heavy atom. The molecular formula is C43H53N5O8S. The van der Waals surface area contributed by atoms with Crippen molar-refractivity contribution in [3.63, 3.8) is 0 Å². The molecule has 1 aliphatic carbocycles. The number of hydrogen-bond acceptors (Lipinski definition) is 9. The molecule has 14 heteroatoms. The van der Waals surface area contributed by atoms with Crippen LogP contribution in [0.3, 0.4) is 0 Å². The summed E-state index contributed by atoms with van der Waals surface area (Å²) in [5.41, 5.74) is 0.455. The number of nitrogens with one attached hydrogen (secondary N) is 2. The Labute approximate surface area is 334 Å². The molecule has 0 radical (unpaired) electrons. The van der Waals surface area contributed by atoms with Crippen molar-refractivity contribution in [2.45, 2.75) is 107 Å². The molecule has 3 fully saturated rings. The van der Waals surface area contributed by atoms with E-state index in [0.29, 0.717) is 67.9 Å². The number of hydrogen-bond donors (Lipinski definition) is 2. The van der Waals surface area contributed by atoms with E-state index >= 15 is 0 Å². The van der Waals surface area contributed by atoms with Crippen LogP contribution in [0.1, 0.15) is 84.0 Å². The van der Waals surface area contributed by atoms with Crippen LogP contribution < -0.4 is 19.5 Å². The van der Waals surface area contributed by atoms with Crippen molar-refractivity contribution in [2.75, 3.05) is 26.7 Å². The standard InChI is InChI=1S/C43H53N5O8S/c1-43(42(52)46-57(53,54)33-18-19-33)21-11-5-3-4-8-16-30(24-39(49)47-22-12-7-13-23-47)41(51)48-28-32(26-37(48)40(50)45-43)56-38-27-35(29-14-9-6-10-15-29)44-36-25-31(55-2)17-20-34(36)38/h6,9-11,14-15,17,20-21,25,27,30,32-33,37H,3-5,7-8,12-13,16,18-19,22-24,26,28H2,1-2H3,(H,45,50)(H,46,52)/b21-11-/t30-,32-,37+,43-/m1/s1. The summed E-state index contributed by atoms with van der Waals surface area (Å²) in [5, 5.41) is 2.92. The minimum atomic E-state index is -3.91. The number of methoxy groups -OCH3 is 1. The summed E-state index contributed by atoms with van der Waals surface area (Å²) < 4.78 is 40.2. The van der Waals surface area contributed by atoms with Gasteiger partial charge in [-0.3, -0.25) is 23.9 Å². The van der Waals surface area contributed by atoms with Gasteiger partial charge in [0.05, 0.1) is 30.1 Å². The van der Waals surface area contributed by atoms with Gasteiger partial charge in [-0.25, -0.2) is 13.4 Å². The van der Waals surface area contributed by atoms with Crippen molar-refractivity contribution in [3.05, 3.63) is 66.7 Å². The largest absolute Gasteiger partial charge is 0.497 e. The molecule has 2 N–H and O–H groups in total. The van der Waals surface area contributed by atoms with Gasteiger partial charge >= 0.3 is 0 Å². The maximum Gasteiger partial charge on any atom is 0.262 e. The van der Waals surface area contributed by atoms with Gasteiger partial charge < -0.3 is 24.6 Å². The molecule has 2 saturated heterocycles. The highest BCUT2D eigenvalue weighted by Gasteiger charge is 2.47. The molecule has 4 heterocycles. The molecule has 57 heavy (non-hydrogen) atoms. The second-order valence-electron chi connectivity index (χ2n) is 16.0. The first-order valence-corrected chi connectivity index (χ1v) is 21.8. The van der Waals surface area contributed by atoms with Crippen molar-refractivity contribution in [1.82, 2.24) is 24.8 Å². The number of pyridine rings is 1. The number of ether oxygens (including phenoxy) is 2. The van der Waals surface area contributed by atoms with Crippen molar-refractivity contribution < 1.29 is 37.1 Å². The van der Waals surface area contributed by atoms with Crippen molar-refractivity contribution in [2.24, 2.45) is 5.92 Å². The number of amides is 4. The number of aromatic nitrogens is 1. The number of nitrogens with zero attached hydrogens (tertiary/aromatic N) is 3. The predicted octanol–water partition coefficient (Wildman–Crippen LogP) is 5.28. The number of rotatable bonds is 9. The molecule has 304 valence electrons. The van der Waals surface area contributed by atoms with E-state index in [2.05, 4.69) is 10.0 Å². The first-order valence-electron chi connectivity index (χ1n) is 20.3. The lowest BCUT2D eigenvalue weighted by molar-refractivity contribution is -0.146. The third kappa shape index (κ3) is 9.43. The summed E-state index contributed by atoms with van der Waals surface area (Å²) in [4.78, 5) is 64.9. The molecule has 4 atom stereocenters. The summed E-state index contributed by atoms with van der Waals surface area (Å²) in [5.74, 6) is -1.36. The molecule has 1 saturated carbocycles. The Morgan fingerprint density at radius 2 is 1.72 bits per heavy atom. The van der Waals surface area contributed by atoms with Gasteiger partial charge in [-0.2, -0.15) is 0 Å². The number of allylic oxidation sites excluding steroid dienone is 1. The second-order valence-corrected chi connectivity index (χ2v) is 17.9. The average Bonchev–Trinajstić information content (AvgIpc) is 4.00. The minimum absolute atomic E-state index is 0.0471. The maximum atomic E-state index is 14.8. The minimum Gasteiger partial charge on any atom is -0.497 e. The SMILES string of the molecule is COc1ccc2c(O[C@@H]3C[C@H]4C(=O)N[C@@](C)(C(=O)NS(=O)(=O)C5CC5)/C=C\CCCCC[C@H](CC(=O)N5CCCCC5)C(=O)N4C3)cc(-c3ccccc3)nc2c1. The molecule has 13 nitrogen and oxygen atoms in total. The molecule has 0 spiro atoms. The number of sulfonamides is 1. The Balaban J connectivity index is 1.22. The third-order valence-electron chi connectivity index (χ3n) is 11.6. The molecule has 3 aliphatic heterocycles. The molecule has 7 rings (SSSR count). The monoisotopic (exact) mass is 799 g/mol. The number of piperidine rings is 1. The van der Waals surface area contributed by atoms with Crippen molar-refractivity contribution >= 4 is 44.6 Å². The topological polar surface area (TPSA) is 164 Å². The first-order chi connectivity index (χ1) is 27.4. The van der Waals surface area contributed by atoms with Gasteiger partial charge in [0.15, 0.2) is 0 Å². The zero-order chi connectivity index (χ0) is 40.2. The van der Waals surface area contributed by atoms with Gasteiger partial charge in [0.25, 0.3) is 5.91 Å². The van der Waals surface area contributed by atoms with E-state index in [0.717, 1.165) is 43.1 Å². The molecule has 3 aromatic rings. The van der Waals surface area contributed by atoms with E-state index in [4.69, 9.17) is 14.5 Å². The van der Waals surface area contributed by atoms with Gasteiger partial charge in [0.2, 0.25) is 27.7 Å². The molecule has 1 aromatic heterocycles. The second kappa shape index (κ2) is 17.3. The van der Waals surface area contributed by atoms with Gasteiger partial charge in [0, 0.05) is 54.9 Å². The zero-order valence-electron chi connectivity index (χ0n) is 32.8. The molecule has 2 aromatic carbocycles. The van der Waals surface area contributed by atoms with E-state index in [-0.39, 0.29) is 31.2 Å². The van der Waals surface area contributed by atoms with Crippen LogP contribution in [0.4, 0.5) is 0 Å². The number of benzene rings is 2. The van der Waals surface area contributed by atoms with Crippen LogP contribution in [0.25, 0.3) is 22.2 Å². The van der Waals surface area contributed by atoms with Gasteiger partial charge in [-0.05, 0) is 70.4 Å². The van der Waals surface area contributed by atoms with E-state index in [9.17, 15) is 27.6 Å². The van der Waals surface area contributed by atoms with Gasteiger partial charge in [-0.15, -0.1) is 0 Å². The molecular weight excluding hydrogens is 747 g/mol. The van der Waals surface area contributed by atoms with Crippen LogP contribution in [0.2, 0.25) is 0 Å². The summed E-state index contributed by atoms with van der Waals surface area (Å²) in [7, 11) is -2.33. The lowest BCUT2D eigenvalue weighted by Crippen LogP contribution is -2.60. The Bertz CT molecular complexity index is 2120. The smallest absolute Gasteiger partial charge is 0.262 e. The van der Waals surface area contributed by atoms with Crippen molar-refractivity contribution in [1.29, 1.82) is 0 Å². The average molecular weight is 800 g/mol. The van der Waals surface area contributed by atoms with E-state index in [1.807, 2.05) is 59.5 Å². The van der Waals surface area contributed by atoms with Crippen molar-refractivity contribution in [3.8, 4) is 22.8 Å². The predicted molar refractivity (Wildman–Crippen MR) is 216 cm³/mol. The van der Waals surface area contributed by atoms with Crippen LogP contribution in [-0.2, 0) is 29.2 Å². The zero-order valence-corrected chi connectivity index (χ0v) is 33.6. The number of fused-ring (bicyclic) bond motifs is 2. The Morgan fingerprint density at radius 3 is 2.46 bits per heavy atom. The van der Waals surface area contributed by atoms with Crippen LogP contribution >= 0.6 is 0 Å². The highest BCUT2D eigenvalue weighted by molar-refractivity contribution is 7.91. The molecule has 4 aliphatic rings.